The lowest BCUT2D eigenvalue weighted by Crippen LogP contribution is -2.41. The van der Waals surface area contributed by atoms with Crippen LogP contribution in [0.2, 0.25) is 0 Å². The lowest BCUT2D eigenvalue weighted by atomic mass is 9.91. The zero-order chi connectivity index (χ0) is 14.4. The van der Waals surface area contributed by atoms with E-state index >= 15 is 0 Å². The molecule has 0 aromatic carbocycles. The van der Waals surface area contributed by atoms with Crippen molar-refractivity contribution >= 4 is 5.97 Å². The van der Waals surface area contributed by atoms with Gasteiger partial charge in [-0.3, -0.25) is 0 Å². The van der Waals surface area contributed by atoms with E-state index in [1.807, 2.05) is 13.8 Å². The van der Waals surface area contributed by atoms with Gasteiger partial charge in [0.25, 0.3) is 0 Å². The third-order valence-corrected chi connectivity index (χ3v) is 3.47. The predicted octanol–water partition coefficient (Wildman–Crippen LogP) is 1.49. The molecule has 0 spiro atoms. The van der Waals surface area contributed by atoms with Gasteiger partial charge in [-0.1, -0.05) is 13.8 Å². The summed E-state index contributed by atoms with van der Waals surface area (Å²) in [6.07, 6.45) is 1.40. The summed E-state index contributed by atoms with van der Waals surface area (Å²) in [6, 6.07) is 0. The fraction of sp³-hybridized carbons (Fsp3) is 0.786. The number of aliphatic hydroxyl groups is 1. The highest BCUT2D eigenvalue weighted by Gasteiger charge is 2.34. The Morgan fingerprint density at radius 2 is 2.05 bits per heavy atom. The molecule has 1 aliphatic rings. The predicted molar refractivity (Wildman–Crippen MR) is 72.3 cm³/mol. The van der Waals surface area contributed by atoms with Crippen LogP contribution in [0.3, 0.4) is 0 Å². The summed E-state index contributed by atoms with van der Waals surface area (Å²) in [6.45, 7) is 6.12. The van der Waals surface area contributed by atoms with E-state index in [4.69, 9.17) is 15.2 Å². The van der Waals surface area contributed by atoms with Crippen molar-refractivity contribution in [3.63, 3.8) is 0 Å². The monoisotopic (exact) mass is 271 g/mol. The molecular weight excluding hydrogens is 246 g/mol. The van der Waals surface area contributed by atoms with Gasteiger partial charge in [-0.05, 0) is 32.6 Å². The van der Waals surface area contributed by atoms with Crippen LogP contribution in [-0.2, 0) is 14.3 Å². The second-order valence-corrected chi connectivity index (χ2v) is 4.76. The minimum atomic E-state index is -0.654. The summed E-state index contributed by atoms with van der Waals surface area (Å²) < 4.78 is 10.8. The third-order valence-electron chi connectivity index (χ3n) is 3.47. The number of carbonyl (C=O) groups excluding carboxylic acids is 1. The largest absolute Gasteiger partial charge is 0.463 e. The van der Waals surface area contributed by atoms with Crippen LogP contribution in [0.25, 0.3) is 0 Å². The fourth-order valence-electron chi connectivity index (χ4n) is 2.26. The van der Waals surface area contributed by atoms with Crippen molar-refractivity contribution in [1.29, 1.82) is 0 Å². The SMILES string of the molecule is CCOC(=O)C1=C(N)C(OC(CC)CC)C(O)CC1. The number of aliphatic hydroxyl groups excluding tert-OH is 1. The van der Waals surface area contributed by atoms with Gasteiger partial charge in [-0.25, -0.2) is 4.79 Å². The first-order chi connectivity index (χ1) is 9.04. The first-order valence-electron chi connectivity index (χ1n) is 7.04. The molecule has 0 aliphatic heterocycles. The Hall–Kier alpha value is -1.07. The van der Waals surface area contributed by atoms with Gasteiger partial charge in [0.15, 0.2) is 0 Å². The quantitative estimate of drug-likeness (QED) is 0.715. The summed E-state index contributed by atoms with van der Waals surface area (Å²) in [5, 5.41) is 10.0. The summed E-state index contributed by atoms with van der Waals surface area (Å²) in [5.74, 6) is -0.398. The van der Waals surface area contributed by atoms with Gasteiger partial charge in [-0.2, -0.15) is 0 Å². The molecule has 5 nitrogen and oxygen atoms in total. The molecule has 2 unspecified atom stereocenters. The van der Waals surface area contributed by atoms with Crippen molar-refractivity contribution in [2.45, 2.75) is 64.8 Å². The average Bonchev–Trinajstić information content (AvgIpc) is 2.39. The molecular formula is C14H25NO4. The molecule has 0 aromatic rings. The number of rotatable bonds is 6. The minimum Gasteiger partial charge on any atom is -0.463 e. The lowest BCUT2D eigenvalue weighted by molar-refractivity contribution is -0.139. The molecule has 0 aromatic heterocycles. The van der Waals surface area contributed by atoms with Crippen LogP contribution in [0.5, 0.6) is 0 Å². The Bertz CT molecular complexity index is 336. The number of esters is 1. The highest BCUT2D eigenvalue weighted by Crippen LogP contribution is 2.27. The van der Waals surface area contributed by atoms with Crippen molar-refractivity contribution < 1.29 is 19.4 Å². The molecule has 0 heterocycles. The maximum absolute atomic E-state index is 11.8. The van der Waals surface area contributed by atoms with Gasteiger partial charge in [0, 0.05) is 0 Å². The Kier molecular flexibility index (Phi) is 6.31. The summed E-state index contributed by atoms with van der Waals surface area (Å²) >= 11 is 0. The number of ether oxygens (including phenoxy) is 2. The van der Waals surface area contributed by atoms with E-state index in [1.165, 1.54) is 0 Å². The first kappa shape index (κ1) is 16.0. The summed E-state index contributed by atoms with van der Waals surface area (Å²) in [7, 11) is 0. The Balaban J connectivity index is 2.87. The number of carbonyl (C=O) groups is 1. The number of hydrogen-bond acceptors (Lipinski definition) is 5. The van der Waals surface area contributed by atoms with Crippen molar-refractivity contribution in [3.05, 3.63) is 11.3 Å². The molecule has 0 radical (unpaired) electrons. The van der Waals surface area contributed by atoms with Crippen molar-refractivity contribution in [1.82, 2.24) is 0 Å². The van der Waals surface area contributed by atoms with E-state index < -0.39 is 18.2 Å². The minimum absolute atomic E-state index is 0.0414. The zero-order valence-corrected chi connectivity index (χ0v) is 12.0. The van der Waals surface area contributed by atoms with Crippen LogP contribution < -0.4 is 5.73 Å². The average molecular weight is 271 g/mol. The maximum Gasteiger partial charge on any atom is 0.335 e. The molecule has 0 amide bonds. The second-order valence-electron chi connectivity index (χ2n) is 4.76. The first-order valence-corrected chi connectivity index (χ1v) is 7.04. The van der Waals surface area contributed by atoms with Crippen LogP contribution in [0.15, 0.2) is 11.3 Å². The third kappa shape index (κ3) is 3.94. The maximum atomic E-state index is 11.8. The number of nitrogens with two attached hydrogens (primary N) is 1. The second kappa shape index (κ2) is 7.50. The van der Waals surface area contributed by atoms with E-state index in [9.17, 15) is 9.90 Å². The fourth-order valence-corrected chi connectivity index (χ4v) is 2.26. The van der Waals surface area contributed by atoms with E-state index in [2.05, 4.69) is 0 Å². The Labute approximate surface area is 114 Å². The van der Waals surface area contributed by atoms with Crippen LogP contribution in [0.4, 0.5) is 0 Å². The molecule has 3 N–H and O–H groups in total. The van der Waals surface area contributed by atoms with Crippen molar-refractivity contribution in [3.8, 4) is 0 Å². The Morgan fingerprint density at radius 1 is 1.42 bits per heavy atom. The molecule has 2 atom stereocenters. The van der Waals surface area contributed by atoms with E-state index in [0.717, 1.165) is 12.8 Å². The number of hydrogen-bond donors (Lipinski definition) is 2. The summed E-state index contributed by atoms with van der Waals surface area (Å²) in [4.78, 5) is 11.8. The van der Waals surface area contributed by atoms with Crippen molar-refractivity contribution in [2.75, 3.05) is 6.61 Å². The van der Waals surface area contributed by atoms with Gasteiger partial charge in [0.05, 0.1) is 30.1 Å². The highest BCUT2D eigenvalue weighted by atomic mass is 16.5. The van der Waals surface area contributed by atoms with Gasteiger partial charge in [0.2, 0.25) is 0 Å². The smallest absolute Gasteiger partial charge is 0.335 e. The van der Waals surface area contributed by atoms with Gasteiger partial charge in [0.1, 0.15) is 6.10 Å². The normalized spacial score (nSPS) is 23.8. The topological polar surface area (TPSA) is 81.8 Å². The molecule has 19 heavy (non-hydrogen) atoms. The molecule has 0 bridgehead atoms. The van der Waals surface area contributed by atoms with Gasteiger partial charge in [-0.15, -0.1) is 0 Å². The highest BCUT2D eigenvalue weighted by molar-refractivity contribution is 5.89. The van der Waals surface area contributed by atoms with E-state index in [-0.39, 0.29) is 6.10 Å². The van der Waals surface area contributed by atoms with Crippen LogP contribution >= 0.6 is 0 Å². The van der Waals surface area contributed by atoms with Gasteiger partial charge < -0.3 is 20.3 Å². The molecule has 1 rings (SSSR count). The van der Waals surface area contributed by atoms with Crippen LogP contribution in [-0.4, -0.2) is 36.0 Å². The zero-order valence-electron chi connectivity index (χ0n) is 12.0. The molecule has 1 aliphatic carbocycles. The van der Waals surface area contributed by atoms with E-state index in [0.29, 0.717) is 30.7 Å². The molecule has 0 fully saturated rings. The Morgan fingerprint density at radius 3 is 2.58 bits per heavy atom. The van der Waals surface area contributed by atoms with Crippen LogP contribution in [0, 0.1) is 0 Å². The van der Waals surface area contributed by atoms with Gasteiger partial charge >= 0.3 is 5.97 Å². The molecule has 0 saturated heterocycles. The molecule has 0 saturated carbocycles. The molecule has 110 valence electrons. The molecule has 5 heteroatoms. The standard InChI is InChI=1S/C14H25NO4/c1-4-9(5-2)19-13-11(16)8-7-10(12(13)15)14(17)18-6-3/h9,11,13,16H,4-8,15H2,1-3H3. The van der Waals surface area contributed by atoms with Crippen LogP contribution in [0.1, 0.15) is 46.5 Å². The summed E-state index contributed by atoms with van der Waals surface area (Å²) in [5.41, 5.74) is 6.77. The lowest BCUT2D eigenvalue weighted by Gasteiger charge is -2.32. The van der Waals surface area contributed by atoms with Crippen molar-refractivity contribution in [2.24, 2.45) is 5.73 Å². The van der Waals surface area contributed by atoms with E-state index in [1.54, 1.807) is 6.92 Å².